The van der Waals surface area contributed by atoms with Crippen molar-refractivity contribution < 1.29 is 0 Å². The van der Waals surface area contributed by atoms with Gasteiger partial charge in [0, 0.05) is 14.1 Å². The molecular formula is C12H14N4O. The number of nitrogens with two attached hydrogens (primary N) is 1. The number of hydrogen-bond donors (Lipinski definition) is 1. The molecule has 0 spiro atoms. The molecule has 1 heterocycles. The van der Waals surface area contributed by atoms with E-state index in [0.29, 0.717) is 11.4 Å². The number of anilines is 2. The third-order valence-electron chi connectivity index (χ3n) is 2.48. The molecular weight excluding hydrogens is 216 g/mol. The highest BCUT2D eigenvalue weighted by Gasteiger charge is 2.10. The van der Waals surface area contributed by atoms with E-state index in [2.05, 4.69) is 5.10 Å². The van der Waals surface area contributed by atoms with Crippen LogP contribution in [-0.2, 0) is 0 Å². The molecule has 2 N–H and O–H groups in total. The van der Waals surface area contributed by atoms with E-state index < -0.39 is 0 Å². The quantitative estimate of drug-likeness (QED) is 0.831. The highest BCUT2D eigenvalue weighted by molar-refractivity contribution is 5.64. The van der Waals surface area contributed by atoms with Crippen LogP contribution in [0.5, 0.6) is 0 Å². The summed E-state index contributed by atoms with van der Waals surface area (Å²) in [7, 11) is 3.64. The molecule has 0 fully saturated rings. The molecule has 17 heavy (non-hydrogen) atoms. The average molecular weight is 230 g/mol. The zero-order chi connectivity index (χ0) is 12.4. The number of rotatable bonds is 2. The van der Waals surface area contributed by atoms with Crippen LogP contribution in [0.4, 0.5) is 11.4 Å². The number of nitrogens with zero attached hydrogens (tertiary/aromatic N) is 3. The maximum atomic E-state index is 12.0. The van der Waals surface area contributed by atoms with Crippen molar-refractivity contribution in [1.82, 2.24) is 9.78 Å². The van der Waals surface area contributed by atoms with Gasteiger partial charge < -0.3 is 10.6 Å². The third-order valence-corrected chi connectivity index (χ3v) is 2.48. The summed E-state index contributed by atoms with van der Waals surface area (Å²) in [6, 6.07) is 9.19. The van der Waals surface area contributed by atoms with Gasteiger partial charge in [0.2, 0.25) is 0 Å². The summed E-state index contributed by atoms with van der Waals surface area (Å²) < 4.78 is 1.29. The van der Waals surface area contributed by atoms with E-state index in [4.69, 9.17) is 5.73 Å². The Hall–Kier alpha value is -2.30. The van der Waals surface area contributed by atoms with E-state index in [0.717, 1.165) is 0 Å². The molecule has 0 radical (unpaired) electrons. The van der Waals surface area contributed by atoms with Gasteiger partial charge in [0.1, 0.15) is 5.69 Å². The van der Waals surface area contributed by atoms with Crippen LogP contribution in [0.1, 0.15) is 0 Å². The molecule has 5 heteroatoms. The highest BCUT2D eigenvalue weighted by atomic mass is 16.1. The third kappa shape index (κ3) is 1.99. The van der Waals surface area contributed by atoms with Crippen molar-refractivity contribution in [3.05, 3.63) is 46.9 Å². The smallest absolute Gasteiger partial charge is 0.296 e. The summed E-state index contributed by atoms with van der Waals surface area (Å²) in [6.45, 7) is 0. The molecule has 0 amide bonds. The van der Waals surface area contributed by atoms with E-state index in [-0.39, 0.29) is 11.2 Å². The van der Waals surface area contributed by atoms with Crippen molar-refractivity contribution in [2.75, 3.05) is 24.7 Å². The molecule has 5 nitrogen and oxygen atoms in total. The van der Waals surface area contributed by atoms with Crippen LogP contribution in [0, 0.1) is 0 Å². The first-order valence-corrected chi connectivity index (χ1v) is 5.22. The molecule has 2 rings (SSSR count). The van der Waals surface area contributed by atoms with E-state index in [1.807, 2.05) is 44.4 Å². The van der Waals surface area contributed by atoms with Crippen molar-refractivity contribution in [3.8, 4) is 5.69 Å². The van der Waals surface area contributed by atoms with Crippen LogP contribution in [-0.4, -0.2) is 23.9 Å². The van der Waals surface area contributed by atoms with Gasteiger partial charge in [0.05, 0.1) is 17.6 Å². The lowest BCUT2D eigenvalue weighted by Crippen LogP contribution is -2.26. The first kappa shape index (κ1) is 11.2. The second kappa shape index (κ2) is 4.29. The first-order valence-electron chi connectivity index (χ1n) is 5.22. The van der Waals surface area contributed by atoms with Gasteiger partial charge in [-0.05, 0) is 12.1 Å². The van der Waals surface area contributed by atoms with E-state index >= 15 is 0 Å². The van der Waals surface area contributed by atoms with Gasteiger partial charge in [0.25, 0.3) is 5.56 Å². The van der Waals surface area contributed by atoms with E-state index in [1.54, 1.807) is 11.1 Å². The van der Waals surface area contributed by atoms with Crippen LogP contribution in [0.15, 0.2) is 41.3 Å². The first-order chi connectivity index (χ1) is 8.11. The minimum Gasteiger partial charge on any atom is -0.392 e. The fourth-order valence-corrected chi connectivity index (χ4v) is 1.57. The van der Waals surface area contributed by atoms with Crippen molar-refractivity contribution in [1.29, 1.82) is 0 Å². The van der Waals surface area contributed by atoms with Gasteiger partial charge in [-0.15, -0.1) is 0 Å². The Kier molecular flexibility index (Phi) is 2.82. The van der Waals surface area contributed by atoms with E-state index in [9.17, 15) is 4.79 Å². The molecule has 1 aromatic carbocycles. The SMILES string of the molecule is CN(C)c1cnn(-c2ccccc2)c(=O)c1N. The van der Waals surface area contributed by atoms with E-state index in [1.165, 1.54) is 4.68 Å². The molecule has 0 atom stereocenters. The van der Waals surface area contributed by atoms with Crippen LogP contribution >= 0.6 is 0 Å². The fourth-order valence-electron chi connectivity index (χ4n) is 1.57. The Morgan fingerprint density at radius 2 is 1.88 bits per heavy atom. The Morgan fingerprint density at radius 1 is 1.24 bits per heavy atom. The Labute approximate surface area is 99.1 Å². The normalized spacial score (nSPS) is 10.2. The summed E-state index contributed by atoms with van der Waals surface area (Å²) in [6.07, 6.45) is 1.59. The second-order valence-corrected chi connectivity index (χ2v) is 3.89. The Bertz CT molecular complexity index is 575. The number of aromatic nitrogens is 2. The van der Waals surface area contributed by atoms with Crippen molar-refractivity contribution in [2.24, 2.45) is 0 Å². The lowest BCUT2D eigenvalue weighted by molar-refractivity contribution is 0.807. The predicted molar refractivity (Wildman–Crippen MR) is 68.6 cm³/mol. The largest absolute Gasteiger partial charge is 0.392 e. The van der Waals surface area contributed by atoms with Crippen LogP contribution in [0.3, 0.4) is 0 Å². The van der Waals surface area contributed by atoms with Crippen molar-refractivity contribution in [3.63, 3.8) is 0 Å². The molecule has 0 aliphatic heterocycles. The molecule has 0 aliphatic carbocycles. The molecule has 1 aromatic heterocycles. The molecule has 88 valence electrons. The van der Waals surface area contributed by atoms with Crippen LogP contribution in [0.2, 0.25) is 0 Å². The van der Waals surface area contributed by atoms with Gasteiger partial charge in [-0.2, -0.15) is 9.78 Å². The molecule has 2 aromatic rings. The van der Waals surface area contributed by atoms with Crippen LogP contribution < -0.4 is 16.2 Å². The van der Waals surface area contributed by atoms with Gasteiger partial charge >= 0.3 is 0 Å². The summed E-state index contributed by atoms with van der Waals surface area (Å²) in [4.78, 5) is 13.8. The number of benzene rings is 1. The summed E-state index contributed by atoms with van der Waals surface area (Å²) >= 11 is 0. The standard InChI is InChI=1S/C12H14N4O/c1-15(2)10-8-14-16(12(17)11(10)13)9-6-4-3-5-7-9/h3-8H,13H2,1-2H3. The van der Waals surface area contributed by atoms with Gasteiger partial charge in [-0.1, -0.05) is 18.2 Å². The summed E-state index contributed by atoms with van der Waals surface area (Å²) in [5.41, 5.74) is 7.04. The maximum Gasteiger partial charge on any atom is 0.296 e. The molecule has 0 bridgehead atoms. The minimum absolute atomic E-state index is 0.203. The second-order valence-electron chi connectivity index (χ2n) is 3.89. The monoisotopic (exact) mass is 230 g/mol. The lowest BCUT2D eigenvalue weighted by atomic mass is 10.3. The lowest BCUT2D eigenvalue weighted by Gasteiger charge is -2.15. The van der Waals surface area contributed by atoms with Gasteiger partial charge in [-0.25, -0.2) is 0 Å². The predicted octanol–water partition coefficient (Wildman–Crippen LogP) is 0.881. The van der Waals surface area contributed by atoms with Crippen molar-refractivity contribution >= 4 is 11.4 Å². The van der Waals surface area contributed by atoms with Crippen LogP contribution in [0.25, 0.3) is 5.69 Å². The zero-order valence-electron chi connectivity index (χ0n) is 9.79. The summed E-state index contributed by atoms with van der Waals surface area (Å²) in [5.74, 6) is 0. The molecule has 0 saturated carbocycles. The maximum absolute atomic E-state index is 12.0. The molecule has 0 aliphatic rings. The highest BCUT2D eigenvalue weighted by Crippen LogP contribution is 2.15. The average Bonchev–Trinajstić information content (AvgIpc) is 2.33. The molecule has 0 unspecified atom stereocenters. The fraction of sp³-hybridized carbons (Fsp3) is 0.167. The Balaban J connectivity index is 2.60. The number of para-hydroxylation sites is 1. The topological polar surface area (TPSA) is 64.2 Å². The van der Waals surface area contributed by atoms with Gasteiger partial charge in [-0.3, -0.25) is 4.79 Å². The molecule has 0 saturated heterocycles. The summed E-state index contributed by atoms with van der Waals surface area (Å²) in [5, 5.41) is 4.11. The Morgan fingerprint density at radius 3 is 2.47 bits per heavy atom. The number of nitrogen functional groups attached to an aromatic ring is 1. The zero-order valence-corrected chi connectivity index (χ0v) is 9.79. The van der Waals surface area contributed by atoms with Gasteiger partial charge in [0.15, 0.2) is 0 Å². The minimum atomic E-state index is -0.303. The number of hydrogen-bond acceptors (Lipinski definition) is 4. The van der Waals surface area contributed by atoms with Crippen molar-refractivity contribution in [2.45, 2.75) is 0 Å².